The quantitative estimate of drug-likeness (QED) is 0.832. The molecule has 0 heterocycles. The molecule has 0 unspecified atom stereocenters. The van der Waals surface area contributed by atoms with Crippen LogP contribution >= 0.6 is 0 Å². The van der Waals surface area contributed by atoms with Gasteiger partial charge in [0.2, 0.25) is 0 Å². The minimum Gasteiger partial charge on any atom is -0.335 e. The van der Waals surface area contributed by atoms with Crippen LogP contribution in [0.4, 0.5) is 10.5 Å². The topological polar surface area (TPSA) is 41.1 Å². The molecule has 0 saturated heterocycles. The van der Waals surface area contributed by atoms with Crippen molar-refractivity contribution >= 4 is 17.8 Å². The Balaban J connectivity index is 1.58. The van der Waals surface area contributed by atoms with E-state index in [0.29, 0.717) is 6.04 Å². The molecule has 2 aliphatic rings. The molecule has 0 atom stereocenters. The number of carbonyl (C=O) groups is 1. The average Bonchev–Trinajstić information content (AvgIpc) is 2.87. The molecule has 1 saturated carbocycles. The molecule has 2 amide bonds. The van der Waals surface area contributed by atoms with E-state index in [9.17, 15) is 4.79 Å². The smallest absolute Gasteiger partial charge is 0.319 e. The first kappa shape index (κ1) is 12.3. The maximum Gasteiger partial charge on any atom is 0.319 e. The van der Waals surface area contributed by atoms with Crippen LogP contribution in [0, 0.1) is 0 Å². The predicted molar refractivity (Wildman–Crippen MR) is 78.2 cm³/mol. The summed E-state index contributed by atoms with van der Waals surface area (Å²) in [5.74, 6) is 0. The van der Waals surface area contributed by atoms with Crippen LogP contribution in [0.2, 0.25) is 0 Å². The van der Waals surface area contributed by atoms with Gasteiger partial charge in [0.15, 0.2) is 0 Å². The van der Waals surface area contributed by atoms with Crippen molar-refractivity contribution in [1.29, 1.82) is 0 Å². The molecule has 100 valence electrons. The molecule has 0 aromatic heterocycles. The summed E-state index contributed by atoms with van der Waals surface area (Å²) in [6.45, 7) is 0. The average molecular weight is 256 g/mol. The van der Waals surface area contributed by atoms with Gasteiger partial charge in [0.25, 0.3) is 0 Å². The van der Waals surface area contributed by atoms with E-state index in [1.807, 2.05) is 12.1 Å². The number of urea groups is 1. The number of fused-ring (bicyclic) bond motifs is 1. The van der Waals surface area contributed by atoms with E-state index in [2.05, 4.69) is 28.9 Å². The Morgan fingerprint density at radius 1 is 1.16 bits per heavy atom. The number of benzene rings is 1. The summed E-state index contributed by atoms with van der Waals surface area (Å²) in [5, 5.41) is 6.00. The van der Waals surface area contributed by atoms with Gasteiger partial charge in [-0.2, -0.15) is 0 Å². The summed E-state index contributed by atoms with van der Waals surface area (Å²) < 4.78 is 0. The van der Waals surface area contributed by atoms with Crippen LogP contribution in [0.1, 0.15) is 43.2 Å². The van der Waals surface area contributed by atoms with Crippen molar-refractivity contribution in [2.45, 2.75) is 44.6 Å². The molecule has 0 bridgehead atoms. The van der Waals surface area contributed by atoms with Gasteiger partial charge in [-0.25, -0.2) is 4.79 Å². The monoisotopic (exact) mass is 256 g/mol. The third kappa shape index (κ3) is 2.98. The minimum atomic E-state index is -0.0752. The molecule has 2 aliphatic carbocycles. The highest BCUT2D eigenvalue weighted by Crippen LogP contribution is 2.23. The molecule has 1 aromatic rings. The Hall–Kier alpha value is -1.77. The Morgan fingerprint density at radius 3 is 2.84 bits per heavy atom. The highest BCUT2D eigenvalue weighted by Gasteiger charge is 2.15. The molecular formula is C16H20N2O. The molecule has 1 fully saturated rings. The van der Waals surface area contributed by atoms with E-state index < -0.39 is 0 Å². The van der Waals surface area contributed by atoms with Crippen LogP contribution in [0.5, 0.6) is 0 Å². The lowest BCUT2D eigenvalue weighted by molar-refractivity contribution is 0.244. The van der Waals surface area contributed by atoms with Crippen molar-refractivity contribution in [3.8, 4) is 0 Å². The van der Waals surface area contributed by atoms with Gasteiger partial charge in [-0.05, 0) is 42.5 Å². The normalized spacial score (nSPS) is 18.1. The Labute approximate surface area is 114 Å². The van der Waals surface area contributed by atoms with Gasteiger partial charge < -0.3 is 10.6 Å². The van der Waals surface area contributed by atoms with Crippen molar-refractivity contribution in [1.82, 2.24) is 5.32 Å². The summed E-state index contributed by atoms with van der Waals surface area (Å²) in [7, 11) is 0. The molecule has 19 heavy (non-hydrogen) atoms. The lowest BCUT2D eigenvalue weighted by Gasteiger charge is -2.22. The fraction of sp³-hybridized carbons (Fsp3) is 0.438. The standard InChI is InChI=1S/C16H20N2O/c19-16(17-14-7-2-1-3-8-14)18-15-10-9-12-5-4-6-13(12)11-15/h4,6,9-11,14H,1-3,5,7-8H2,(H2,17,18,19). The number of anilines is 1. The highest BCUT2D eigenvalue weighted by molar-refractivity contribution is 5.90. The zero-order valence-electron chi connectivity index (χ0n) is 11.1. The van der Waals surface area contributed by atoms with Crippen molar-refractivity contribution in [3.05, 3.63) is 35.4 Å². The van der Waals surface area contributed by atoms with E-state index >= 15 is 0 Å². The molecule has 2 N–H and O–H groups in total. The van der Waals surface area contributed by atoms with Gasteiger partial charge in [0.1, 0.15) is 0 Å². The summed E-state index contributed by atoms with van der Waals surface area (Å²) in [6.07, 6.45) is 11.3. The van der Waals surface area contributed by atoms with E-state index in [4.69, 9.17) is 0 Å². The Kier molecular flexibility index (Phi) is 3.53. The maximum absolute atomic E-state index is 11.9. The van der Waals surface area contributed by atoms with Crippen molar-refractivity contribution < 1.29 is 4.79 Å². The minimum absolute atomic E-state index is 0.0752. The number of hydrogen-bond donors (Lipinski definition) is 2. The lowest BCUT2D eigenvalue weighted by Crippen LogP contribution is -2.39. The molecule has 3 nitrogen and oxygen atoms in total. The zero-order chi connectivity index (χ0) is 13.1. The molecule has 1 aromatic carbocycles. The Morgan fingerprint density at radius 2 is 2.00 bits per heavy atom. The van der Waals surface area contributed by atoms with Gasteiger partial charge in [-0.1, -0.05) is 37.5 Å². The molecule has 0 spiro atoms. The molecule has 3 rings (SSSR count). The number of rotatable bonds is 2. The van der Waals surface area contributed by atoms with Gasteiger partial charge in [0, 0.05) is 11.7 Å². The van der Waals surface area contributed by atoms with Gasteiger partial charge in [-0.3, -0.25) is 0 Å². The first-order valence-electron chi connectivity index (χ1n) is 7.18. The maximum atomic E-state index is 11.9. The molecular weight excluding hydrogens is 236 g/mol. The summed E-state index contributed by atoms with van der Waals surface area (Å²) in [5.41, 5.74) is 3.42. The fourth-order valence-corrected chi connectivity index (χ4v) is 2.93. The van der Waals surface area contributed by atoms with Crippen LogP contribution in [-0.4, -0.2) is 12.1 Å². The van der Waals surface area contributed by atoms with Gasteiger partial charge in [-0.15, -0.1) is 0 Å². The first-order chi connectivity index (χ1) is 9.31. The predicted octanol–water partition coefficient (Wildman–Crippen LogP) is 3.71. The lowest BCUT2D eigenvalue weighted by atomic mass is 9.96. The highest BCUT2D eigenvalue weighted by atomic mass is 16.2. The molecule has 0 radical (unpaired) electrons. The zero-order valence-corrected chi connectivity index (χ0v) is 11.1. The number of hydrogen-bond acceptors (Lipinski definition) is 1. The number of amides is 2. The second-order valence-corrected chi connectivity index (χ2v) is 5.45. The van der Waals surface area contributed by atoms with Gasteiger partial charge in [0.05, 0.1) is 0 Å². The van der Waals surface area contributed by atoms with Gasteiger partial charge >= 0.3 is 6.03 Å². The number of nitrogens with one attached hydrogen (secondary N) is 2. The van der Waals surface area contributed by atoms with Crippen molar-refractivity contribution in [3.63, 3.8) is 0 Å². The second kappa shape index (κ2) is 5.47. The molecule has 0 aliphatic heterocycles. The summed E-state index contributed by atoms with van der Waals surface area (Å²) in [6, 6.07) is 6.38. The van der Waals surface area contributed by atoms with E-state index in [0.717, 1.165) is 24.9 Å². The van der Waals surface area contributed by atoms with Crippen LogP contribution in [0.3, 0.4) is 0 Å². The molecule has 3 heteroatoms. The van der Waals surface area contributed by atoms with Crippen molar-refractivity contribution in [2.75, 3.05) is 5.32 Å². The van der Waals surface area contributed by atoms with E-state index in [1.165, 1.54) is 30.4 Å². The summed E-state index contributed by atoms with van der Waals surface area (Å²) in [4.78, 5) is 11.9. The Bertz CT molecular complexity index is 501. The SMILES string of the molecule is O=C(Nc1ccc2c(c1)C=CC2)NC1CCCCC1. The second-order valence-electron chi connectivity index (χ2n) is 5.45. The fourth-order valence-electron chi connectivity index (χ4n) is 2.93. The third-order valence-corrected chi connectivity index (χ3v) is 3.98. The van der Waals surface area contributed by atoms with Crippen LogP contribution in [0.15, 0.2) is 24.3 Å². The largest absolute Gasteiger partial charge is 0.335 e. The van der Waals surface area contributed by atoms with Crippen molar-refractivity contribution in [2.24, 2.45) is 0 Å². The van der Waals surface area contributed by atoms with Crippen LogP contribution < -0.4 is 10.6 Å². The number of allylic oxidation sites excluding steroid dienone is 1. The van der Waals surface area contributed by atoms with E-state index in [1.54, 1.807) is 0 Å². The van der Waals surface area contributed by atoms with Crippen LogP contribution in [-0.2, 0) is 6.42 Å². The van der Waals surface area contributed by atoms with E-state index in [-0.39, 0.29) is 6.03 Å². The first-order valence-corrected chi connectivity index (χ1v) is 7.18. The number of carbonyl (C=O) groups excluding carboxylic acids is 1. The third-order valence-electron chi connectivity index (χ3n) is 3.98. The van der Waals surface area contributed by atoms with Crippen LogP contribution in [0.25, 0.3) is 6.08 Å². The summed E-state index contributed by atoms with van der Waals surface area (Å²) >= 11 is 0.